The van der Waals surface area contributed by atoms with E-state index in [-0.39, 0.29) is 0 Å². The van der Waals surface area contributed by atoms with E-state index in [0.29, 0.717) is 0 Å². The molecule has 17 rings (SSSR count). The van der Waals surface area contributed by atoms with Crippen LogP contribution in [0.5, 0.6) is 0 Å². The maximum absolute atomic E-state index is 2.46. The monoisotopic (exact) mass is 1080 g/mol. The lowest BCUT2D eigenvalue weighted by atomic mass is 9.82. The highest BCUT2D eigenvalue weighted by molar-refractivity contribution is 6.27. The van der Waals surface area contributed by atoms with Crippen LogP contribution in [0.15, 0.2) is 322 Å². The van der Waals surface area contributed by atoms with Gasteiger partial charge in [-0.3, -0.25) is 0 Å². The minimum Gasteiger partial charge on any atom is -0.0622 e. The fourth-order valence-electron chi connectivity index (χ4n) is 14.0. The number of rotatable bonds is 6. The lowest BCUT2D eigenvalue weighted by Gasteiger charge is -2.21. The first-order chi connectivity index (χ1) is 42.1. The van der Waals surface area contributed by atoms with Crippen LogP contribution in [0.1, 0.15) is 5.56 Å². The van der Waals surface area contributed by atoms with Crippen molar-refractivity contribution in [2.45, 2.75) is 6.92 Å². The van der Waals surface area contributed by atoms with Crippen LogP contribution < -0.4 is 0 Å². The normalized spacial score (nSPS) is 11.6. The molecule has 0 heterocycles. The van der Waals surface area contributed by atoms with Gasteiger partial charge in [-0.15, -0.1) is 0 Å². The third-order valence-electron chi connectivity index (χ3n) is 17.8. The van der Waals surface area contributed by atoms with Crippen molar-refractivity contribution in [2.75, 3.05) is 0 Å². The molecule has 0 aromatic heterocycles. The largest absolute Gasteiger partial charge is 0.0622 e. The Morgan fingerprint density at radius 1 is 0.153 bits per heavy atom. The summed E-state index contributed by atoms with van der Waals surface area (Å²) in [5.74, 6) is 0. The van der Waals surface area contributed by atoms with Gasteiger partial charge in [0.25, 0.3) is 0 Å². The molecule has 0 atom stereocenters. The summed E-state index contributed by atoms with van der Waals surface area (Å²) in [6, 6.07) is 118. The summed E-state index contributed by atoms with van der Waals surface area (Å²) >= 11 is 0. The predicted octanol–water partition coefficient (Wildman–Crippen LogP) is 24.1. The lowest BCUT2D eigenvalue weighted by Crippen LogP contribution is -1.93. The molecule has 396 valence electrons. The van der Waals surface area contributed by atoms with Crippen LogP contribution in [0.2, 0.25) is 0 Å². The number of hydrogen-bond donors (Lipinski definition) is 0. The summed E-state index contributed by atoms with van der Waals surface area (Å²) in [5, 5.41) is 22.9. The Bertz CT molecular complexity index is 5470. The zero-order valence-corrected chi connectivity index (χ0v) is 47.1. The van der Waals surface area contributed by atoms with E-state index in [4.69, 9.17) is 0 Å². The Kier molecular flexibility index (Phi) is 12.2. The zero-order valence-electron chi connectivity index (χ0n) is 47.1. The predicted molar refractivity (Wildman–Crippen MR) is 368 cm³/mol. The molecule has 0 aliphatic carbocycles. The number of aryl methyl sites for hydroxylation is 1. The number of hydrogen-bond acceptors (Lipinski definition) is 0. The van der Waals surface area contributed by atoms with E-state index in [1.807, 2.05) is 0 Å². The van der Waals surface area contributed by atoms with E-state index in [1.165, 1.54) is 169 Å². The molecule has 17 aromatic rings. The smallest absolute Gasteiger partial charge is 0.00199 e. The summed E-state index contributed by atoms with van der Waals surface area (Å²) in [5.41, 5.74) is 16.5. The number of benzene rings is 17. The molecule has 85 heavy (non-hydrogen) atoms. The van der Waals surface area contributed by atoms with E-state index in [9.17, 15) is 0 Å². The molecule has 0 radical (unpaired) electrons. The van der Waals surface area contributed by atoms with Gasteiger partial charge in [-0.1, -0.05) is 321 Å². The van der Waals surface area contributed by atoms with Gasteiger partial charge in [0.15, 0.2) is 0 Å². The Hall–Kier alpha value is -10.9. The summed E-state index contributed by atoms with van der Waals surface area (Å²) in [6.07, 6.45) is 0. The second-order valence-corrected chi connectivity index (χ2v) is 22.6. The molecule has 0 unspecified atom stereocenters. The van der Waals surface area contributed by atoms with Crippen molar-refractivity contribution in [1.82, 2.24) is 0 Å². The lowest BCUT2D eigenvalue weighted by molar-refractivity contribution is 1.51. The molecule has 0 N–H and O–H groups in total. The highest BCUT2D eigenvalue weighted by Gasteiger charge is 2.22. The molecule has 0 spiro atoms. The molecular formula is C85H56. The molecule has 0 saturated heterocycles. The second kappa shape index (κ2) is 20.8. The van der Waals surface area contributed by atoms with Gasteiger partial charge in [0.1, 0.15) is 0 Å². The topological polar surface area (TPSA) is 0 Å². The SMILES string of the molecule is Cc1ccc2c(-c3cccc4ccccc34)c3ccccc3c(-c3cccc4ccccc34)c2c1.c1ccc(-c2ccc(-c3ccc4c(-c5cccc6ccccc56)c5ccccc5c(-c5cccc6ccccc56)c4c3)c3ccccc23)cc1. The van der Waals surface area contributed by atoms with Gasteiger partial charge in [0.2, 0.25) is 0 Å². The van der Waals surface area contributed by atoms with E-state index in [1.54, 1.807) is 0 Å². The van der Waals surface area contributed by atoms with Crippen LogP contribution in [-0.4, -0.2) is 0 Å². The van der Waals surface area contributed by atoms with E-state index in [0.717, 1.165) is 0 Å². The molecular weight excluding hydrogens is 1020 g/mol. The van der Waals surface area contributed by atoms with Gasteiger partial charge < -0.3 is 0 Å². The number of fused-ring (bicyclic) bond motifs is 9. The summed E-state index contributed by atoms with van der Waals surface area (Å²) < 4.78 is 0. The average Bonchev–Trinajstić information content (AvgIpc) is 1.07. The first kappa shape index (κ1) is 49.9. The summed E-state index contributed by atoms with van der Waals surface area (Å²) in [6.45, 7) is 2.19. The molecule has 0 fully saturated rings. The van der Waals surface area contributed by atoms with Crippen molar-refractivity contribution >= 4 is 97.0 Å². The van der Waals surface area contributed by atoms with Crippen molar-refractivity contribution in [1.29, 1.82) is 0 Å². The third kappa shape index (κ3) is 8.45. The van der Waals surface area contributed by atoms with Crippen LogP contribution in [0.4, 0.5) is 0 Å². The summed E-state index contributed by atoms with van der Waals surface area (Å²) in [7, 11) is 0. The molecule has 0 aliphatic heterocycles. The molecule has 0 heteroatoms. The maximum Gasteiger partial charge on any atom is -0.00199 e. The van der Waals surface area contributed by atoms with Gasteiger partial charge in [0, 0.05) is 0 Å². The first-order valence-electron chi connectivity index (χ1n) is 29.6. The average molecular weight is 1080 g/mol. The minimum atomic E-state index is 1.22. The highest BCUT2D eigenvalue weighted by Crippen LogP contribution is 2.50. The van der Waals surface area contributed by atoms with E-state index >= 15 is 0 Å². The van der Waals surface area contributed by atoms with Crippen LogP contribution in [0.3, 0.4) is 0 Å². The minimum absolute atomic E-state index is 1.22. The van der Waals surface area contributed by atoms with Gasteiger partial charge in [-0.2, -0.15) is 0 Å². The highest BCUT2D eigenvalue weighted by atomic mass is 14.3. The van der Waals surface area contributed by atoms with E-state index < -0.39 is 0 Å². The van der Waals surface area contributed by atoms with Crippen LogP contribution in [0, 0.1) is 6.92 Å². The van der Waals surface area contributed by atoms with Crippen LogP contribution >= 0.6 is 0 Å². The Morgan fingerprint density at radius 2 is 0.435 bits per heavy atom. The molecule has 0 bridgehead atoms. The Balaban J connectivity index is 0.000000147. The first-order valence-corrected chi connectivity index (χ1v) is 29.6. The van der Waals surface area contributed by atoms with Crippen molar-refractivity contribution in [3.05, 3.63) is 327 Å². The van der Waals surface area contributed by atoms with Crippen LogP contribution in [-0.2, 0) is 0 Å². The Morgan fingerprint density at radius 3 is 0.835 bits per heavy atom. The fourth-order valence-corrected chi connectivity index (χ4v) is 14.0. The zero-order chi connectivity index (χ0) is 56.4. The van der Waals surface area contributed by atoms with Crippen molar-refractivity contribution in [2.24, 2.45) is 0 Å². The molecule has 0 aliphatic rings. The standard InChI is InChI=1S/C50H32.C35H24/c1-2-14-33(15-3-1)39-30-31-40(42-23-9-8-22-41(39)42)36-28-29-47-48(32-36)50(44-27-13-19-35-17-5-7-21-38(35)44)46-25-11-10-24-45(46)49(47)43-26-12-18-34-16-4-6-20-37(34)43;1-23-20-21-32-33(22-23)35(29-19-9-13-25-11-3-5-15-27(25)29)31-17-7-6-16-30(31)34(32)28-18-8-12-24-10-2-4-14-26(24)28/h1-32H;2-22H,1H3. The van der Waals surface area contributed by atoms with Crippen molar-refractivity contribution < 1.29 is 0 Å². The molecule has 0 amide bonds. The molecule has 0 saturated carbocycles. The van der Waals surface area contributed by atoms with Crippen molar-refractivity contribution in [3.8, 4) is 66.8 Å². The van der Waals surface area contributed by atoms with Gasteiger partial charge in [0.05, 0.1) is 0 Å². The Labute approximate surface area is 494 Å². The van der Waals surface area contributed by atoms with Crippen LogP contribution in [0.25, 0.3) is 164 Å². The molecule has 0 nitrogen and oxygen atoms in total. The second-order valence-electron chi connectivity index (χ2n) is 22.6. The molecule has 17 aromatic carbocycles. The van der Waals surface area contributed by atoms with Gasteiger partial charge in [-0.05, 0) is 177 Å². The quantitative estimate of drug-likeness (QED) is 0.146. The van der Waals surface area contributed by atoms with E-state index in [2.05, 4.69) is 328 Å². The maximum atomic E-state index is 2.46. The van der Waals surface area contributed by atoms with Gasteiger partial charge in [-0.25, -0.2) is 0 Å². The van der Waals surface area contributed by atoms with Gasteiger partial charge >= 0.3 is 0 Å². The third-order valence-corrected chi connectivity index (χ3v) is 17.8. The fraction of sp³-hybridized carbons (Fsp3) is 0.0118. The summed E-state index contributed by atoms with van der Waals surface area (Å²) in [4.78, 5) is 0. The van der Waals surface area contributed by atoms with Crippen molar-refractivity contribution in [3.63, 3.8) is 0 Å².